The standard InChI is InChI=1S/C17H15NO2/c1-20-15-9-8-12-10-14(7-6-13(12)11-15)16-4-2-3-5-17(16)18-19/h2-5,8-11H,6-7H2,1H3/p+1. The lowest BCUT2D eigenvalue weighted by Crippen LogP contribution is -2.56. The molecule has 0 atom stereocenters. The van der Waals surface area contributed by atoms with Crippen LogP contribution in [0.5, 0.6) is 5.75 Å². The summed E-state index contributed by atoms with van der Waals surface area (Å²) in [5, 5.41) is 2.02. The van der Waals surface area contributed by atoms with Crippen LogP contribution in [0.4, 0.5) is 5.69 Å². The molecule has 2 aromatic rings. The Morgan fingerprint density at radius 1 is 1.10 bits per heavy atom. The first kappa shape index (κ1) is 12.6. The molecule has 0 fully saturated rings. The SMILES string of the molecule is COc1ccc2c(c1)CCC(c1ccccc1[NH+]=O)=C2. The molecule has 1 aliphatic rings. The van der Waals surface area contributed by atoms with Crippen molar-refractivity contribution in [2.75, 3.05) is 7.11 Å². The van der Waals surface area contributed by atoms with Gasteiger partial charge < -0.3 is 4.74 Å². The van der Waals surface area contributed by atoms with Crippen LogP contribution >= 0.6 is 0 Å². The van der Waals surface area contributed by atoms with Gasteiger partial charge >= 0.3 is 0 Å². The Kier molecular flexibility index (Phi) is 3.33. The summed E-state index contributed by atoms with van der Waals surface area (Å²) in [7, 11) is 1.68. The number of aryl methyl sites for hydroxylation is 1. The highest BCUT2D eigenvalue weighted by Gasteiger charge is 2.17. The number of hydrogen-bond donors (Lipinski definition) is 1. The van der Waals surface area contributed by atoms with E-state index in [1.807, 2.05) is 35.5 Å². The number of benzene rings is 2. The van der Waals surface area contributed by atoms with Crippen LogP contribution in [0.1, 0.15) is 23.1 Å². The summed E-state index contributed by atoms with van der Waals surface area (Å²) in [6, 6.07) is 13.7. The third-order valence-corrected chi connectivity index (χ3v) is 3.73. The molecule has 1 aliphatic carbocycles. The van der Waals surface area contributed by atoms with Gasteiger partial charge in [0.05, 0.1) is 12.7 Å². The zero-order chi connectivity index (χ0) is 13.9. The molecule has 1 N–H and O–H groups in total. The average Bonchev–Trinajstić information content (AvgIpc) is 2.53. The second kappa shape index (κ2) is 5.29. The number of nitroso groups, excluding NO2 is 1. The summed E-state index contributed by atoms with van der Waals surface area (Å²) in [5.74, 6) is 0.891. The maximum atomic E-state index is 11.0. The molecule has 0 radical (unpaired) electrons. The lowest BCUT2D eigenvalue weighted by atomic mass is 9.88. The summed E-state index contributed by atoms with van der Waals surface area (Å²) in [5.41, 5.74) is 5.31. The minimum Gasteiger partial charge on any atom is -0.497 e. The molecule has 0 amide bonds. The van der Waals surface area contributed by atoms with Crippen LogP contribution in [0.25, 0.3) is 11.6 Å². The molecular formula is C17H16NO2+. The average molecular weight is 266 g/mol. The van der Waals surface area contributed by atoms with Gasteiger partial charge in [-0.05, 0) is 47.7 Å². The summed E-state index contributed by atoms with van der Waals surface area (Å²) >= 11 is 0. The van der Waals surface area contributed by atoms with Gasteiger partial charge in [-0.1, -0.05) is 24.3 Å². The number of ether oxygens (including phenoxy) is 1. The first-order valence-corrected chi connectivity index (χ1v) is 6.67. The molecule has 0 aromatic heterocycles. The number of rotatable bonds is 3. The van der Waals surface area contributed by atoms with Crippen molar-refractivity contribution in [1.29, 1.82) is 0 Å². The summed E-state index contributed by atoms with van der Waals surface area (Å²) in [6.07, 6.45) is 4.05. The van der Waals surface area contributed by atoms with Gasteiger partial charge in [0.1, 0.15) is 5.75 Å². The number of para-hydroxylation sites is 1. The lowest BCUT2D eigenvalue weighted by Gasteiger charge is -2.17. The zero-order valence-corrected chi connectivity index (χ0v) is 11.3. The van der Waals surface area contributed by atoms with E-state index in [1.54, 1.807) is 7.11 Å². The fourth-order valence-electron chi connectivity index (χ4n) is 2.66. The molecule has 3 rings (SSSR count). The zero-order valence-electron chi connectivity index (χ0n) is 11.3. The first-order valence-electron chi connectivity index (χ1n) is 6.67. The number of methoxy groups -OCH3 is 1. The van der Waals surface area contributed by atoms with Crippen molar-refractivity contribution in [3.05, 3.63) is 64.1 Å². The maximum absolute atomic E-state index is 11.0. The molecular weight excluding hydrogens is 250 g/mol. The van der Waals surface area contributed by atoms with Crippen LogP contribution in [0, 0.1) is 4.91 Å². The Labute approximate surface area is 117 Å². The molecule has 100 valence electrons. The monoisotopic (exact) mass is 266 g/mol. The van der Waals surface area contributed by atoms with Gasteiger partial charge in [-0.3, -0.25) is 0 Å². The van der Waals surface area contributed by atoms with E-state index in [9.17, 15) is 4.91 Å². The second-order valence-electron chi connectivity index (χ2n) is 4.88. The Hall–Kier alpha value is -2.42. The van der Waals surface area contributed by atoms with Crippen molar-refractivity contribution in [3.63, 3.8) is 0 Å². The van der Waals surface area contributed by atoms with Crippen molar-refractivity contribution in [2.24, 2.45) is 0 Å². The quantitative estimate of drug-likeness (QED) is 0.927. The molecule has 3 nitrogen and oxygen atoms in total. The lowest BCUT2D eigenvalue weighted by molar-refractivity contribution is -0.379. The van der Waals surface area contributed by atoms with Gasteiger partial charge in [0.25, 0.3) is 5.69 Å². The van der Waals surface area contributed by atoms with E-state index in [4.69, 9.17) is 4.74 Å². The van der Waals surface area contributed by atoms with Crippen molar-refractivity contribution < 1.29 is 9.91 Å². The molecule has 0 saturated heterocycles. The smallest absolute Gasteiger partial charge is 0.260 e. The summed E-state index contributed by atoms with van der Waals surface area (Å²) < 4.78 is 5.26. The van der Waals surface area contributed by atoms with E-state index in [1.165, 1.54) is 16.7 Å². The highest BCUT2D eigenvalue weighted by Crippen LogP contribution is 2.33. The summed E-state index contributed by atoms with van der Waals surface area (Å²) in [6.45, 7) is 0. The van der Waals surface area contributed by atoms with Gasteiger partial charge in [-0.2, -0.15) is 0 Å². The Balaban J connectivity index is 2.04. The van der Waals surface area contributed by atoms with Crippen LogP contribution in [-0.4, -0.2) is 7.11 Å². The highest BCUT2D eigenvalue weighted by atomic mass is 16.5. The molecule has 0 unspecified atom stereocenters. The van der Waals surface area contributed by atoms with Crippen molar-refractivity contribution in [1.82, 2.24) is 0 Å². The minimum atomic E-state index is 0.635. The normalized spacial score (nSPS) is 13.3. The predicted molar refractivity (Wildman–Crippen MR) is 79.6 cm³/mol. The molecule has 20 heavy (non-hydrogen) atoms. The van der Waals surface area contributed by atoms with Gasteiger partial charge in [0, 0.05) is 16.2 Å². The second-order valence-corrected chi connectivity index (χ2v) is 4.88. The molecule has 0 bridgehead atoms. The number of allylic oxidation sites excluding steroid dienone is 1. The molecule has 3 heteroatoms. The third-order valence-electron chi connectivity index (χ3n) is 3.73. The van der Waals surface area contributed by atoms with Crippen molar-refractivity contribution in [3.8, 4) is 5.75 Å². The topological polar surface area (TPSA) is 40.3 Å². The van der Waals surface area contributed by atoms with E-state index in [-0.39, 0.29) is 0 Å². The van der Waals surface area contributed by atoms with E-state index >= 15 is 0 Å². The van der Waals surface area contributed by atoms with Crippen LogP contribution in [0.15, 0.2) is 42.5 Å². The number of hydrogen-bond acceptors (Lipinski definition) is 2. The molecule has 0 spiro atoms. The van der Waals surface area contributed by atoms with Crippen molar-refractivity contribution >= 4 is 17.3 Å². The third kappa shape index (κ3) is 2.23. The van der Waals surface area contributed by atoms with Gasteiger partial charge in [-0.25, -0.2) is 0 Å². The van der Waals surface area contributed by atoms with E-state index in [0.29, 0.717) is 5.69 Å². The van der Waals surface area contributed by atoms with Crippen molar-refractivity contribution in [2.45, 2.75) is 12.8 Å². The fourth-order valence-corrected chi connectivity index (χ4v) is 2.66. The van der Waals surface area contributed by atoms with Crippen LogP contribution in [-0.2, 0) is 6.42 Å². The fraction of sp³-hybridized carbons (Fsp3) is 0.176. The van der Waals surface area contributed by atoms with Crippen LogP contribution in [0.3, 0.4) is 0 Å². The highest BCUT2D eigenvalue weighted by molar-refractivity contribution is 5.87. The van der Waals surface area contributed by atoms with Gasteiger partial charge in [0.15, 0.2) is 0 Å². The predicted octanol–water partition coefficient (Wildman–Crippen LogP) is 2.66. The molecule has 2 aromatic carbocycles. The Morgan fingerprint density at radius 2 is 1.95 bits per heavy atom. The summed E-state index contributed by atoms with van der Waals surface area (Å²) in [4.78, 5) is 11.0. The van der Waals surface area contributed by atoms with Gasteiger partial charge in [0.2, 0.25) is 0 Å². The molecule has 0 aliphatic heterocycles. The van der Waals surface area contributed by atoms with Gasteiger partial charge in [-0.15, -0.1) is 0 Å². The van der Waals surface area contributed by atoms with E-state index in [2.05, 4.69) is 18.2 Å². The number of fused-ring (bicyclic) bond motifs is 1. The largest absolute Gasteiger partial charge is 0.497 e. The Morgan fingerprint density at radius 3 is 2.75 bits per heavy atom. The van der Waals surface area contributed by atoms with Crippen LogP contribution < -0.4 is 9.91 Å². The Bertz CT molecular complexity index is 689. The van der Waals surface area contributed by atoms with E-state index < -0.39 is 0 Å². The molecule has 0 saturated carbocycles. The number of nitrogens with one attached hydrogen (secondary N) is 1. The minimum absolute atomic E-state index is 0.635. The van der Waals surface area contributed by atoms with E-state index in [0.717, 1.165) is 24.2 Å². The first-order chi connectivity index (χ1) is 9.81. The van der Waals surface area contributed by atoms with Crippen LogP contribution in [0.2, 0.25) is 0 Å². The molecule has 0 heterocycles. The maximum Gasteiger partial charge on any atom is 0.260 e.